The van der Waals surface area contributed by atoms with Gasteiger partial charge in [0.05, 0.1) is 14.2 Å². The molecule has 1 aliphatic carbocycles. The van der Waals surface area contributed by atoms with Crippen LogP contribution in [0, 0.1) is 0 Å². The largest absolute Gasteiger partial charge is 0.726 e. The van der Waals surface area contributed by atoms with E-state index in [4.69, 9.17) is 14.2 Å². The molecule has 0 aromatic heterocycles. The maximum atomic E-state index is 11.9. The molecule has 0 radical (unpaired) electrons. The van der Waals surface area contributed by atoms with Crippen molar-refractivity contribution in [2.24, 2.45) is 0 Å². The van der Waals surface area contributed by atoms with Crippen LogP contribution in [-0.4, -0.2) is 44.2 Å². The molecule has 2 unspecified atom stereocenters. The molecule has 0 amide bonds. The van der Waals surface area contributed by atoms with Crippen LogP contribution in [0.15, 0.2) is 48.1 Å². The zero-order chi connectivity index (χ0) is 21.4. The Kier molecular flexibility index (Phi) is 9.02. The third-order valence-corrected chi connectivity index (χ3v) is 4.90. The Labute approximate surface area is 170 Å². The number of hydrogen-bond acceptors (Lipinski definition) is 8. The second kappa shape index (κ2) is 10.5. The topological polar surface area (TPSA) is 111 Å². The van der Waals surface area contributed by atoms with E-state index in [2.05, 4.69) is 16.8 Å². The summed E-state index contributed by atoms with van der Waals surface area (Å²) in [6.45, 7) is 3.98. The van der Waals surface area contributed by atoms with Crippen LogP contribution in [0.4, 0.5) is 4.79 Å². The van der Waals surface area contributed by atoms with E-state index in [-0.39, 0.29) is 11.9 Å². The van der Waals surface area contributed by atoms with Crippen molar-refractivity contribution in [1.29, 1.82) is 0 Å². The van der Waals surface area contributed by atoms with E-state index in [9.17, 15) is 17.8 Å². The van der Waals surface area contributed by atoms with E-state index in [1.165, 1.54) is 0 Å². The monoisotopic (exact) mass is 432 g/mol. The molecule has 1 aliphatic rings. The summed E-state index contributed by atoms with van der Waals surface area (Å²) in [5.74, 6) is 0.759. The molecule has 10 heteroatoms. The summed E-state index contributed by atoms with van der Waals surface area (Å²) in [6, 6.07) is 7.31. The van der Waals surface area contributed by atoms with Gasteiger partial charge >= 0.3 is 6.16 Å². The molecule has 8 nitrogen and oxygen atoms in total. The first kappa shape index (κ1) is 24.0. The van der Waals surface area contributed by atoms with Gasteiger partial charge in [0.25, 0.3) is 0 Å². The van der Waals surface area contributed by atoms with Gasteiger partial charge in [-0.2, -0.15) is 0 Å². The van der Waals surface area contributed by atoms with Gasteiger partial charge < -0.3 is 18.8 Å². The number of carbonyl (C=O) groups excluding carboxylic acids is 1. The molecule has 156 valence electrons. The highest BCUT2D eigenvalue weighted by Crippen LogP contribution is 2.26. The van der Waals surface area contributed by atoms with Crippen molar-refractivity contribution < 1.29 is 36.2 Å². The average molecular weight is 433 g/mol. The Balaban J connectivity index is 0.000000568. The zero-order valence-electron chi connectivity index (χ0n) is 16.0. The van der Waals surface area contributed by atoms with Gasteiger partial charge in [0, 0.05) is 0 Å². The summed E-state index contributed by atoms with van der Waals surface area (Å²) in [7, 11) is -2.00. The quantitative estimate of drug-likeness (QED) is 0.301. The van der Waals surface area contributed by atoms with E-state index < -0.39 is 22.2 Å². The predicted molar refractivity (Wildman–Crippen MR) is 106 cm³/mol. The van der Waals surface area contributed by atoms with Crippen LogP contribution in [0.1, 0.15) is 19.4 Å². The minimum Gasteiger partial charge on any atom is -0.726 e. The fourth-order valence-electron chi connectivity index (χ4n) is 2.06. The summed E-state index contributed by atoms with van der Waals surface area (Å²) < 4.78 is 46.7. The van der Waals surface area contributed by atoms with E-state index in [1.54, 1.807) is 7.11 Å². The van der Waals surface area contributed by atoms with Gasteiger partial charge in [-0.05, 0) is 56.3 Å². The van der Waals surface area contributed by atoms with Crippen molar-refractivity contribution in [3.8, 4) is 5.75 Å². The molecule has 0 saturated heterocycles. The minimum atomic E-state index is -4.41. The molecule has 2 atom stereocenters. The lowest BCUT2D eigenvalue weighted by Gasteiger charge is -2.28. The average Bonchev–Trinajstić information content (AvgIpc) is 2.64. The summed E-state index contributed by atoms with van der Waals surface area (Å²) >= 11 is 3.57. The summed E-state index contributed by atoms with van der Waals surface area (Å²) in [4.78, 5) is 11.9. The molecule has 0 N–H and O–H groups in total. The van der Waals surface area contributed by atoms with Crippen molar-refractivity contribution >= 4 is 29.2 Å². The molecule has 1 aromatic rings. The van der Waals surface area contributed by atoms with Crippen LogP contribution < -0.4 is 4.74 Å². The highest BCUT2D eigenvalue weighted by atomic mass is 32.3. The fourth-order valence-corrected chi connectivity index (χ4v) is 2.47. The van der Waals surface area contributed by atoms with Gasteiger partial charge in [-0.15, -0.1) is 0 Å². The SMILES string of the molecule is COS(=O)(=O)[O-].COc1ccc(COC(=O)OC2(C)C=CC(C)=CC2[SH2+])cc1. The van der Waals surface area contributed by atoms with Crippen molar-refractivity contribution in [2.45, 2.75) is 31.3 Å². The van der Waals surface area contributed by atoms with Gasteiger partial charge in [0.15, 0.2) is 10.9 Å². The van der Waals surface area contributed by atoms with Crippen molar-refractivity contribution in [3.05, 3.63) is 53.6 Å². The molecular formula is C18H24O8S2. The maximum absolute atomic E-state index is 11.9. The third kappa shape index (κ3) is 8.34. The molecule has 0 heterocycles. The third-order valence-electron chi connectivity index (χ3n) is 3.75. The Morgan fingerprint density at radius 1 is 1.25 bits per heavy atom. The van der Waals surface area contributed by atoms with E-state index in [0.29, 0.717) is 0 Å². The second-order valence-corrected chi connectivity index (χ2v) is 7.74. The first-order valence-corrected chi connectivity index (χ1v) is 9.99. The number of methoxy groups -OCH3 is 1. The standard InChI is InChI=1S/C17H20O4S.CH4O4S/c1-12-8-9-17(2,15(22)10-12)21-16(18)20-11-13-4-6-14(19-3)7-5-13;1-5-6(2,3)4/h4-10,15,22H,11H2,1-3H3;1H3,(H,2,3,4). The number of carbonyl (C=O) groups is 1. The first-order chi connectivity index (χ1) is 13.0. The molecule has 1 aromatic carbocycles. The normalized spacial score (nSPS) is 21.1. The number of benzene rings is 1. The lowest BCUT2D eigenvalue weighted by atomic mass is 9.94. The van der Waals surface area contributed by atoms with Crippen LogP contribution in [0.5, 0.6) is 5.75 Å². The molecule has 2 rings (SSSR count). The van der Waals surface area contributed by atoms with Crippen LogP contribution in [0.3, 0.4) is 0 Å². The fraction of sp³-hybridized carbons (Fsp3) is 0.389. The van der Waals surface area contributed by atoms with Crippen LogP contribution in [0.2, 0.25) is 0 Å². The Morgan fingerprint density at radius 3 is 2.29 bits per heavy atom. The summed E-state index contributed by atoms with van der Waals surface area (Å²) in [5, 5.41) is -0.0916. The number of hydrogen-bond donors (Lipinski definition) is 0. The Bertz CT molecular complexity index is 814. The van der Waals surface area contributed by atoms with E-state index in [1.807, 2.05) is 56.3 Å². The van der Waals surface area contributed by atoms with Gasteiger partial charge in [0.1, 0.15) is 12.4 Å². The van der Waals surface area contributed by atoms with Crippen molar-refractivity contribution in [3.63, 3.8) is 0 Å². The van der Waals surface area contributed by atoms with Crippen molar-refractivity contribution in [2.75, 3.05) is 14.2 Å². The first-order valence-electron chi connectivity index (χ1n) is 8.08. The molecule has 0 bridgehead atoms. The lowest BCUT2D eigenvalue weighted by molar-refractivity contribution is -0.00304. The van der Waals surface area contributed by atoms with Gasteiger partial charge in [-0.3, -0.25) is 4.18 Å². The van der Waals surface area contributed by atoms with Gasteiger partial charge in [-0.25, -0.2) is 13.2 Å². The van der Waals surface area contributed by atoms with Crippen LogP contribution in [0.25, 0.3) is 0 Å². The van der Waals surface area contributed by atoms with E-state index in [0.717, 1.165) is 24.0 Å². The molecular weight excluding hydrogens is 408 g/mol. The highest BCUT2D eigenvalue weighted by molar-refractivity contribution is 7.80. The molecule has 0 saturated carbocycles. The number of ether oxygens (including phenoxy) is 3. The minimum absolute atomic E-state index is 0.0916. The molecule has 0 fully saturated rings. The zero-order valence-corrected chi connectivity index (χ0v) is 17.8. The van der Waals surface area contributed by atoms with Crippen LogP contribution >= 0.6 is 0 Å². The Morgan fingerprint density at radius 2 is 1.82 bits per heavy atom. The lowest BCUT2D eigenvalue weighted by Crippen LogP contribution is -2.41. The molecule has 0 aliphatic heterocycles. The van der Waals surface area contributed by atoms with Gasteiger partial charge in [0.2, 0.25) is 10.4 Å². The highest BCUT2D eigenvalue weighted by Gasteiger charge is 2.39. The number of allylic oxidation sites excluding steroid dienone is 2. The van der Waals surface area contributed by atoms with Gasteiger partial charge in [-0.1, -0.05) is 23.8 Å². The van der Waals surface area contributed by atoms with Crippen LogP contribution in [-0.2, 0) is 43.3 Å². The predicted octanol–water partition coefficient (Wildman–Crippen LogP) is 2.10. The number of rotatable bonds is 5. The van der Waals surface area contributed by atoms with Crippen molar-refractivity contribution in [1.82, 2.24) is 0 Å². The maximum Gasteiger partial charge on any atom is 0.509 e. The smallest absolute Gasteiger partial charge is 0.509 e. The Hall–Kier alpha value is -2.01. The second-order valence-electron chi connectivity index (χ2n) is 5.97. The molecule has 28 heavy (non-hydrogen) atoms. The summed E-state index contributed by atoms with van der Waals surface area (Å²) in [6.07, 6.45) is 5.08. The summed E-state index contributed by atoms with van der Waals surface area (Å²) in [5.41, 5.74) is 1.23. The molecule has 0 spiro atoms. The van der Waals surface area contributed by atoms with E-state index >= 15 is 0 Å².